The smallest absolute Gasteiger partial charge is 0.137 e. The van der Waals surface area contributed by atoms with Crippen LogP contribution in [0, 0.1) is 6.92 Å². The summed E-state index contributed by atoms with van der Waals surface area (Å²) in [5.74, 6) is 0. The number of aryl methyl sites for hydroxylation is 1. The molecule has 6 rings (SSSR count). The lowest BCUT2D eigenvalue weighted by Gasteiger charge is -2.30. The minimum Gasteiger partial charge on any atom is -0.456 e. The maximum absolute atomic E-state index is 6.31. The Bertz CT molecular complexity index is 1710. The first-order valence-electron chi connectivity index (χ1n) is 13.2. The first-order valence-corrected chi connectivity index (χ1v) is 13.2. The van der Waals surface area contributed by atoms with Crippen LogP contribution in [-0.4, -0.2) is 4.90 Å². The molecule has 1 aromatic heterocycles. The van der Waals surface area contributed by atoms with Crippen molar-refractivity contribution in [2.24, 2.45) is 0 Å². The highest BCUT2D eigenvalue weighted by Gasteiger charge is 2.30. The van der Waals surface area contributed by atoms with Crippen LogP contribution >= 0.6 is 0 Å². The van der Waals surface area contributed by atoms with Gasteiger partial charge in [-0.3, -0.25) is 0 Å². The van der Waals surface area contributed by atoms with E-state index in [1.54, 1.807) is 0 Å². The van der Waals surface area contributed by atoms with E-state index in [1.165, 1.54) is 28.2 Å². The van der Waals surface area contributed by atoms with Gasteiger partial charge in [-0.2, -0.15) is 0 Å². The van der Waals surface area contributed by atoms with Crippen LogP contribution in [0.25, 0.3) is 21.9 Å². The average Bonchev–Trinajstić information content (AvgIpc) is 3.67. The number of furan rings is 1. The number of nitrogens with zero attached hydrogens (tertiary/aromatic N) is 2. The Hall–Kier alpha value is -4.50. The number of benzene rings is 2. The molecule has 2 aromatic carbocycles. The summed E-state index contributed by atoms with van der Waals surface area (Å²) in [7, 11) is 0. The number of allylic oxidation sites excluding steroid dienone is 12. The van der Waals surface area contributed by atoms with Crippen molar-refractivity contribution < 1.29 is 4.42 Å². The Kier molecular flexibility index (Phi) is 6.13. The van der Waals surface area contributed by atoms with Gasteiger partial charge in [-0.1, -0.05) is 67.3 Å². The average molecular weight is 497 g/mol. The van der Waals surface area contributed by atoms with E-state index in [1.807, 2.05) is 6.07 Å². The van der Waals surface area contributed by atoms with Crippen LogP contribution in [0.1, 0.15) is 32.3 Å². The Morgan fingerprint density at radius 3 is 2.68 bits per heavy atom. The molecule has 0 spiro atoms. The topological polar surface area (TPSA) is 19.6 Å². The van der Waals surface area contributed by atoms with Crippen LogP contribution in [0.2, 0.25) is 0 Å². The van der Waals surface area contributed by atoms with Gasteiger partial charge in [0.05, 0.1) is 16.8 Å². The predicted molar refractivity (Wildman–Crippen MR) is 160 cm³/mol. The van der Waals surface area contributed by atoms with Crippen molar-refractivity contribution in [3.8, 4) is 0 Å². The van der Waals surface area contributed by atoms with Gasteiger partial charge in [0.15, 0.2) is 0 Å². The summed E-state index contributed by atoms with van der Waals surface area (Å²) < 4.78 is 6.31. The normalized spacial score (nSPS) is 19.3. The van der Waals surface area contributed by atoms with E-state index < -0.39 is 0 Å². The quantitative estimate of drug-likeness (QED) is 0.328. The molecule has 3 heteroatoms. The van der Waals surface area contributed by atoms with E-state index in [4.69, 9.17) is 4.42 Å². The Morgan fingerprint density at radius 2 is 1.89 bits per heavy atom. The fourth-order valence-electron chi connectivity index (χ4n) is 5.67. The number of hydrogen-bond donors (Lipinski definition) is 0. The van der Waals surface area contributed by atoms with Crippen molar-refractivity contribution in [1.29, 1.82) is 0 Å². The second-order valence-electron chi connectivity index (χ2n) is 9.81. The number of rotatable bonds is 5. The maximum atomic E-state index is 6.31. The van der Waals surface area contributed by atoms with E-state index in [-0.39, 0.29) is 0 Å². The summed E-state index contributed by atoms with van der Waals surface area (Å²) in [6, 6.07) is 12.6. The molecule has 2 aliphatic carbocycles. The Morgan fingerprint density at radius 1 is 1.03 bits per heavy atom. The third kappa shape index (κ3) is 3.92. The van der Waals surface area contributed by atoms with Crippen molar-refractivity contribution in [3.05, 3.63) is 149 Å². The molecule has 2 heterocycles. The summed E-state index contributed by atoms with van der Waals surface area (Å²) >= 11 is 0. The summed E-state index contributed by atoms with van der Waals surface area (Å²) in [4.78, 5) is 4.74. The van der Waals surface area contributed by atoms with Crippen LogP contribution in [0.4, 0.5) is 5.69 Å². The molecule has 0 radical (unpaired) electrons. The van der Waals surface area contributed by atoms with Gasteiger partial charge < -0.3 is 14.2 Å². The lowest BCUT2D eigenvalue weighted by Crippen LogP contribution is -2.22. The Balaban J connectivity index is 1.57. The van der Waals surface area contributed by atoms with Crippen molar-refractivity contribution in [2.45, 2.75) is 33.6 Å². The van der Waals surface area contributed by atoms with E-state index in [9.17, 15) is 0 Å². The number of anilines is 1. The van der Waals surface area contributed by atoms with Crippen LogP contribution in [-0.2, 0) is 0 Å². The van der Waals surface area contributed by atoms with Crippen molar-refractivity contribution >= 4 is 27.6 Å². The van der Waals surface area contributed by atoms with Crippen molar-refractivity contribution in [1.82, 2.24) is 4.90 Å². The fourth-order valence-corrected chi connectivity index (χ4v) is 5.67. The van der Waals surface area contributed by atoms with Crippen LogP contribution in [0.15, 0.2) is 148 Å². The van der Waals surface area contributed by atoms with Gasteiger partial charge >= 0.3 is 0 Å². The lowest BCUT2D eigenvalue weighted by molar-refractivity contribution is 0.606. The van der Waals surface area contributed by atoms with E-state index in [0.717, 1.165) is 51.7 Å². The molecule has 38 heavy (non-hydrogen) atoms. The van der Waals surface area contributed by atoms with Gasteiger partial charge in [0.2, 0.25) is 0 Å². The fraction of sp³-hybridized carbons (Fsp3) is 0.143. The van der Waals surface area contributed by atoms with E-state index in [0.29, 0.717) is 0 Å². The first-order chi connectivity index (χ1) is 18.6. The van der Waals surface area contributed by atoms with Gasteiger partial charge in [0, 0.05) is 41.5 Å². The summed E-state index contributed by atoms with van der Waals surface area (Å²) in [5, 5.41) is 2.30. The minimum absolute atomic E-state index is 0.790. The molecule has 3 aliphatic rings. The number of fused-ring (bicyclic) bond motifs is 3. The molecule has 0 fully saturated rings. The number of para-hydroxylation sites is 1. The van der Waals surface area contributed by atoms with Gasteiger partial charge in [0.1, 0.15) is 11.2 Å². The molecule has 0 N–H and O–H groups in total. The summed E-state index contributed by atoms with van der Waals surface area (Å²) in [6.07, 6.45) is 25.4. The maximum Gasteiger partial charge on any atom is 0.137 e. The molecular weight excluding hydrogens is 464 g/mol. The van der Waals surface area contributed by atoms with E-state index in [2.05, 4.69) is 134 Å². The van der Waals surface area contributed by atoms with Gasteiger partial charge in [-0.25, -0.2) is 0 Å². The SMILES string of the molecule is C=C1/C=C\C=C/N(C(/C=C\C)=C/C)C2=C1CC(N(C1=CC=CC1)c1c(C)ccc3oc4ccccc4c13)=C2. The minimum atomic E-state index is 0.790. The molecule has 0 saturated heterocycles. The second kappa shape index (κ2) is 9.75. The zero-order valence-electron chi connectivity index (χ0n) is 22.2. The molecule has 3 aromatic rings. The lowest BCUT2D eigenvalue weighted by atomic mass is 10.0. The largest absolute Gasteiger partial charge is 0.456 e. The van der Waals surface area contributed by atoms with Gasteiger partial charge in [-0.05, 0) is 73.9 Å². The first kappa shape index (κ1) is 23.9. The monoisotopic (exact) mass is 496 g/mol. The predicted octanol–water partition coefficient (Wildman–Crippen LogP) is 9.51. The second-order valence-corrected chi connectivity index (χ2v) is 9.81. The molecule has 0 amide bonds. The molecule has 0 saturated carbocycles. The highest BCUT2D eigenvalue weighted by Crippen LogP contribution is 2.46. The van der Waals surface area contributed by atoms with Crippen molar-refractivity contribution in [3.63, 3.8) is 0 Å². The van der Waals surface area contributed by atoms with Crippen molar-refractivity contribution in [2.75, 3.05) is 4.90 Å². The summed E-state index contributed by atoms with van der Waals surface area (Å²) in [6.45, 7) is 10.8. The summed E-state index contributed by atoms with van der Waals surface area (Å²) in [5.41, 5.74) is 11.3. The molecule has 188 valence electrons. The number of hydrogen-bond acceptors (Lipinski definition) is 3. The van der Waals surface area contributed by atoms with Crippen LogP contribution in [0.5, 0.6) is 0 Å². The third-order valence-corrected chi connectivity index (χ3v) is 7.44. The van der Waals surface area contributed by atoms with Crippen LogP contribution in [0.3, 0.4) is 0 Å². The Labute approximate surface area is 224 Å². The highest BCUT2D eigenvalue weighted by molar-refractivity contribution is 6.13. The highest BCUT2D eigenvalue weighted by atomic mass is 16.3. The zero-order valence-corrected chi connectivity index (χ0v) is 22.2. The zero-order chi connectivity index (χ0) is 26.2. The third-order valence-electron chi connectivity index (χ3n) is 7.44. The molecule has 0 unspecified atom stereocenters. The molecule has 0 atom stereocenters. The van der Waals surface area contributed by atoms with Gasteiger partial charge in [0.25, 0.3) is 0 Å². The molecule has 1 aliphatic heterocycles. The van der Waals surface area contributed by atoms with Gasteiger partial charge in [-0.15, -0.1) is 0 Å². The van der Waals surface area contributed by atoms with Crippen LogP contribution < -0.4 is 4.90 Å². The van der Waals surface area contributed by atoms with E-state index >= 15 is 0 Å². The molecular formula is C35H32N2O. The molecule has 3 nitrogen and oxygen atoms in total. The molecule has 0 bridgehead atoms. The standard InChI is InChI=1S/C35H32N2O/c1-5-13-26(6-2)36-21-12-11-14-24(3)30-22-28(23-31(30)36)37(27-15-7-8-16-27)35-25(4)19-20-33-34(35)29-17-9-10-18-32(29)38-33/h5-15,17-21,23H,3,16,22H2,1-2,4H3/b13-5-,14-11-,21-12-,26-6+.